The quantitative estimate of drug-likeness (QED) is 0.676. The van der Waals surface area contributed by atoms with Gasteiger partial charge < -0.3 is 4.42 Å². The predicted molar refractivity (Wildman–Crippen MR) is 99.6 cm³/mol. The lowest BCUT2D eigenvalue weighted by atomic mass is 10.0. The Morgan fingerprint density at radius 2 is 1.88 bits per heavy atom. The summed E-state index contributed by atoms with van der Waals surface area (Å²) in [4.78, 5) is 17.9. The lowest BCUT2D eigenvalue weighted by Gasteiger charge is -2.15. The largest absolute Gasteiger partial charge is 0.461 e. The molecular formula is C21H24N2O2. The highest BCUT2D eigenvalue weighted by atomic mass is 16.3. The fraction of sp³-hybridized carbons (Fsp3) is 0.333. The third-order valence-electron chi connectivity index (χ3n) is 4.29. The Labute approximate surface area is 148 Å². The maximum atomic E-state index is 13.1. The first-order valence-corrected chi connectivity index (χ1v) is 8.74. The molecule has 4 heteroatoms. The maximum absolute atomic E-state index is 13.1. The van der Waals surface area contributed by atoms with E-state index >= 15 is 0 Å². The maximum Gasteiger partial charge on any atom is 0.257 e. The summed E-state index contributed by atoms with van der Waals surface area (Å²) in [5.74, 6) is 1.64. The first-order chi connectivity index (χ1) is 12.1. The molecule has 0 saturated carbocycles. The smallest absolute Gasteiger partial charge is 0.257 e. The highest BCUT2D eigenvalue weighted by Gasteiger charge is 2.17. The Morgan fingerprint density at radius 1 is 1.12 bits per heavy atom. The Balaban J connectivity index is 2.04. The van der Waals surface area contributed by atoms with E-state index in [9.17, 15) is 4.79 Å². The molecule has 0 radical (unpaired) electrons. The topological polar surface area (TPSA) is 48.0 Å². The zero-order chi connectivity index (χ0) is 17.8. The van der Waals surface area contributed by atoms with Gasteiger partial charge >= 0.3 is 0 Å². The lowest BCUT2D eigenvalue weighted by molar-refractivity contribution is 0.554. The number of aromatic nitrogens is 2. The first kappa shape index (κ1) is 17.2. The molecule has 25 heavy (non-hydrogen) atoms. The molecule has 4 nitrogen and oxygen atoms in total. The average molecular weight is 336 g/mol. The molecule has 130 valence electrons. The minimum absolute atomic E-state index is 0.0449. The van der Waals surface area contributed by atoms with Crippen molar-refractivity contribution >= 4 is 0 Å². The van der Waals surface area contributed by atoms with E-state index < -0.39 is 0 Å². The molecule has 0 aliphatic carbocycles. The second-order valence-corrected chi connectivity index (χ2v) is 6.77. The van der Waals surface area contributed by atoms with Crippen LogP contribution in [-0.4, -0.2) is 9.55 Å². The van der Waals surface area contributed by atoms with Crippen LogP contribution in [0.25, 0.3) is 11.6 Å². The minimum Gasteiger partial charge on any atom is -0.461 e. The van der Waals surface area contributed by atoms with E-state index in [0.29, 0.717) is 24.0 Å². The summed E-state index contributed by atoms with van der Waals surface area (Å²) in [7, 11) is 0. The third-order valence-corrected chi connectivity index (χ3v) is 4.29. The van der Waals surface area contributed by atoms with Crippen LogP contribution in [0, 0.1) is 12.8 Å². The number of rotatable bonds is 6. The Morgan fingerprint density at radius 3 is 2.52 bits per heavy atom. The van der Waals surface area contributed by atoms with E-state index in [4.69, 9.17) is 9.40 Å². The van der Waals surface area contributed by atoms with E-state index in [1.165, 1.54) is 5.56 Å². The van der Waals surface area contributed by atoms with Crippen LogP contribution in [0.1, 0.15) is 30.7 Å². The molecule has 0 spiro atoms. The predicted octanol–water partition coefficient (Wildman–Crippen LogP) is 4.25. The Hall–Kier alpha value is -2.62. The van der Waals surface area contributed by atoms with Gasteiger partial charge in [0.25, 0.3) is 5.56 Å². The van der Waals surface area contributed by atoms with Gasteiger partial charge in [0.15, 0.2) is 11.6 Å². The standard InChI is InChI=1S/C21H24N2O2/c1-15(2)14-18-16(3)22-20(19-10-7-13-25-19)23(21(18)24)12-11-17-8-5-4-6-9-17/h4-10,13,15H,11-12,14H2,1-3H3. The molecule has 0 fully saturated rings. The van der Waals surface area contributed by atoms with Crippen LogP contribution in [0.2, 0.25) is 0 Å². The molecular weight excluding hydrogens is 312 g/mol. The SMILES string of the molecule is Cc1nc(-c2ccco2)n(CCc2ccccc2)c(=O)c1CC(C)C. The highest BCUT2D eigenvalue weighted by molar-refractivity contribution is 5.48. The lowest BCUT2D eigenvalue weighted by Crippen LogP contribution is -2.29. The van der Waals surface area contributed by atoms with E-state index in [1.54, 1.807) is 10.8 Å². The Bertz CT molecular complexity index is 878. The van der Waals surface area contributed by atoms with Crippen molar-refractivity contribution in [1.29, 1.82) is 0 Å². The van der Waals surface area contributed by atoms with Gasteiger partial charge in [-0.1, -0.05) is 44.2 Å². The molecule has 3 rings (SSSR count). The molecule has 0 aliphatic rings. The number of nitrogens with zero attached hydrogens (tertiary/aromatic N) is 2. The van der Waals surface area contributed by atoms with E-state index in [0.717, 1.165) is 24.1 Å². The average Bonchev–Trinajstić information content (AvgIpc) is 3.12. The summed E-state index contributed by atoms with van der Waals surface area (Å²) >= 11 is 0. The Kier molecular flexibility index (Phi) is 5.17. The monoisotopic (exact) mass is 336 g/mol. The minimum atomic E-state index is 0.0449. The molecule has 3 aromatic rings. The van der Waals surface area contributed by atoms with Gasteiger partial charge in [0, 0.05) is 17.8 Å². The van der Waals surface area contributed by atoms with Crippen molar-refractivity contribution in [1.82, 2.24) is 9.55 Å². The van der Waals surface area contributed by atoms with E-state index in [2.05, 4.69) is 26.0 Å². The summed E-state index contributed by atoms with van der Waals surface area (Å²) in [5, 5.41) is 0. The van der Waals surface area contributed by atoms with Crippen molar-refractivity contribution in [3.63, 3.8) is 0 Å². The summed E-state index contributed by atoms with van der Waals surface area (Å²) in [6, 6.07) is 13.9. The normalized spacial score (nSPS) is 11.2. The zero-order valence-electron chi connectivity index (χ0n) is 15.0. The van der Waals surface area contributed by atoms with Gasteiger partial charge in [-0.25, -0.2) is 4.98 Å². The van der Waals surface area contributed by atoms with Gasteiger partial charge in [0.1, 0.15) is 0 Å². The molecule has 0 amide bonds. The van der Waals surface area contributed by atoms with Crippen LogP contribution < -0.4 is 5.56 Å². The number of hydrogen-bond donors (Lipinski definition) is 0. The fourth-order valence-electron chi connectivity index (χ4n) is 3.03. The van der Waals surface area contributed by atoms with Crippen molar-refractivity contribution in [3.05, 3.63) is 75.9 Å². The van der Waals surface area contributed by atoms with Crippen LogP contribution >= 0.6 is 0 Å². The van der Waals surface area contributed by atoms with Crippen LogP contribution in [-0.2, 0) is 19.4 Å². The van der Waals surface area contributed by atoms with Crippen LogP contribution in [0.5, 0.6) is 0 Å². The van der Waals surface area contributed by atoms with Crippen LogP contribution in [0.3, 0.4) is 0 Å². The molecule has 2 heterocycles. The number of benzene rings is 1. The second-order valence-electron chi connectivity index (χ2n) is 6.77. The molecule has 0 atom stereocenters. The van der Waals surface area contributed by atoms with Gasteiger partial charge in [0.2, 0.25) is 0 Å². The summed E-state index contributed by atoms with van der Waals surface area (Å²) in [6.45, 7) is 6.73. The van der Waals surface area contributed by atoms with Gasteiger partial charge in [-0.3, -0.25) is 9.36 Å². The molecule has 0 saturated heterocycles. The van der Waals surface area contributed by atoms with Gasteiger partial charge in [-0.05, 0) is 43.4 Å². The number of furan rings is 1. The van der Waals surface area contributed by atoms with Crippen molar-refractivity contribution in [3.8, 4) is 11.6 Å². The molecule has 0 bridgehead atoms. The van der Waals surface area contributed by atoms with Crippen LogP contribution in [0.15, 0.2) is 57.9 Å². The van der Waals surface area contributed by atoms with Gasteiger partial charge in [-0.2, -0.15) is 0 Å². The summed E-state index contributed by atoms with van der Waals surface area (Å²) < 4.78 is 7.28. The number of aryl methyl sites for hydroxylation is 2. The summed E-state index contributed by atoms with van der Waals surface area (Å²) in [5.41, 5.74) is 2.84. The van der Waals surface area contributed by atoms with Crippen LogP contribution in [0.4, 0.5) is 0 Å². The number of hydrogen-bond acceptors (Lipinski definition) is 3. The van der Waals surface area contributed by atoms with Gasteiger partial charge in [-0.15, -0.1) is 0 Å². The second kappa shape index (κ2) is 7.51. The van der Waals surface area contributed by atoms with Crippen molar-refractivity contribution in [2.75, 3.05) is 0 Å². The zero-order valence-corrected chi connectivity index (χ0v) is 15.0. The molecule has 0 N–H and O–H groups in total. The van der Waals surface area contributed by atoms with Crippen molar-refractivity contribution in [2.45, 2.75) is 40.2 Å². The summed E-state index contributed by atoms with van der Waals surface area (Å²) in [6.07, 6.45) is 3.13. The van der Waals surface area contributed by atoms with Crippen molar-refractivity contribution < 1.29 is 4.42 Å². The van der Waals surface area contributed by atoms with Gasteiger partial charge in [0.05, 0.1) is 6.26 Å². The molecule has 0 unspecified atom stereocenters. The molecule has 2 aromatic heterocycles. The molecule has 1 aromatic carbocycles. The highest BCUT2D eigenvalue weighted by Crippen LogP contribution is 2.19. The van der Waals surface area contributed by atoms with Crippen molar-refractivity contribution in [2.24, 2.45) is 5.92 Å². The van der Waals surface area contributed by atoms with E-state index in [-0.39, 0.29) is 5.56 Å². The third kappa shape index (κ3) is 3.90. The molecule has 0 aliphatic heterocycles. The van der Waals surface area contributed by atoms with E-state index in [1.807, 2.05) is 37.3 Å². The first-order valence-electron chi connectivity index (χ1n) is 8.74. The fourth-order valence-corrected chi connectivity index (χ4v) is 3.03.